The highest BCUT2D eigenvalue weighted by Gasteiger charge is 2.19. The van der Waals surface area contributed by atoms with Gasteiger partial charge in [0.15, 0.2) is 0 Å². The molecule has 1 aromatic heterocycles. The van der Waals surface area contributed by atoms with E-state index in [1.54, 1.807) is 0 Å². The maximum Gasteiger partial charge on any atom is 0.221 e. The quantitative estimate of drug-likeness (QED) is 0.912. The molecule has 1 atom stereocenters. The lowest BCUT2D eigenvalue weighted by Crippen LogP contribution is -2.17. The first kappa shape index (κ1) is 12.4. The van der Waals surface area contributed by atoms with Crippen molar-refractivity contribution < 1.29 is 9.47 Å². The van der Waals surface area contributed by atoms with Crippen LogP contribution in [0, 0.1) is 0 Å². The first-order valence-electron chi connectivity index (χ1n) is 6.64. The highest BCUT2D eigenvalue weighted by Crippen LogP contribution is 2.26. The minimum Gasteiger partial charge on any atom is -0.471 e. The maximum atomic E-state index is 6.01. The highest BCUT2D eigenvalue weighted by molar-refractivity contribution is 5.87. The van der Waals surface area contributed by atoms with Crippen LogP contribution < -0.4 is 10.1 Å². The number of hydrogen-bond acceptors (Lipinski definition) is 4. The molecule has 1 fully saturated rings. The van der Waals surface area contributed by atoms with Crippen molar-refractivity contribution in [1.29, 1.82) is 0 Å². The second kappa shape index (κ2) is 5.55. The number of aromatic nitrogens is 1. The largest absolute Gasteiger partial charge is 0.471 e. The van der Waals surface area contributed by atoms with Gasteiger partial charge in [-0.25, -0.2) is 4.98 Å². The molecule has 0 amide bonds. The van der Waals surface area contributed by atoms with Crippen LogP contribution in [-0.4, -0.2) is 31.3 Å². The van der Waals surface area contributed by atoms with Gasteiger partial charge in [-0.05, 0) is 24.6 Å². The molecule has 4 heteroatoms. The summed E-state index contributed by atoms with van der Waals surface area (Å²) in [6, 6.07) is 10.3. The van der Waals surface area contributed by atoms with Gasteiger partial charge >= 0.3 is 0 Å². The summed E-state index contributed by atoms with van der Waals surface area (Å²) < 4.78 is 11.4. The second-order valence-electron chi connectivity index (χ2n) is 4.77. The average molecular weight is 258 g/mol. The molecule has 100 valence electrons. The molecule has 0 bridgehead atoms. The number of hydrogen-bond donors (Lipinski definition) is 1. The minimum atomic E-state index is 0.126. The normalized spacial score (nSPS) is 18.9. The van der Waals surface area contributed by atoms with Crippen LogP contribution in [0.5, 0.6) is 5.88 Å². The number of rotatable bonds is 4. The second-order valence-corrected chi connectivity index (χ2v) is 4.77. The molecule has 3 rings (SSSR count). The van der Waals surface area contributed by atoms with Crippen LogP contribution >= 0.6 is 0 Å². The van der Waals surface area contributed by atoms with E-state index in [0.717, 1.165) is 41.9 Å². The standard InChI is InChI=1S/C15H18N2O2/c1-16-9-12-8-11-4-2-3-5-14(11)15(17-12)19-13-6-7-18-10-13/h2-5,8,13,16H,6-7,9-10H2,1H3. The van der Waals surface area contributed by atoms with Crippen molar-refractivity contribution in [1.82, 2.24) is 10.3 Å². The van der Waals surface area contributed by atoms with Gasteiger partial charge in [-0.15, -0.1) is 0 Å². The minimum absolute atomic E-state index is 0.126. The molecule has 1 N–H and O–H groups in total. The van der Waals surface area contributed by atoms with Crippen molar-refractivity contribution >= 4 is 10.8 Å². The van der Waals surface area contributed by atoms with Crippen LogP contribution in [0.25, 0.3) is 10.8 Å². The molecule has 4 nitrogen and oxygen atoms in total. The number of benzene rings is 1. The van der Waals surface area contributed by atoms with Crippen LogP contribution in [0.1, 0.15) is 12.1 Å². The SMILES string of the molecule is CNCc1cc2ccccc2c(OC2CCOC2)n1. The molecule has 2 heterocycles. The van der Waals surface area contributed by atoms with Gasteiger partial charge in [0.25, 0.3) is 0 Å². The van der Waals surface area contributed by atoms with Crippen LogP contribution in [0.4, 0.5) is 0 Å². The predicted octanol–water partition coefficient (Wildman–Crippen LogP) is 2.12. The van der Waals surface area contributed by atoms with Crippen molar-refractivity contribution in [2.24, 2.45) is 0 Å². The molecule has 0 spiro atoms. The third kappa shape index (κ3) is 2.69. The number of nitrogens with zero attached hydrogens (tertiary/aromatic N) is 1. The van der Waals surface area contributed by atoms with Gasteiger partial charge in [0.1, 0.15) is 6.10 Å². The van der Waals surface area contributed by atoms with E-state index in [1.165, 1.54) is 0 Å². The molecule has 1 saturated heterocycles. The summed E-state index contributed by atoms with van der Waals surface area (Å²) in [4.78, 5) is 4.61. The lowest BCUT2D eigenvalue weighted by Gasteiger charge is -2.14. The van der Waals surface area contributed by atoms with Crippen LogP contribution in [-0.2, 0) is 11.3 Å². The van der Waals surface area contributed by atoms with E-state index in [9.17, 15) is 0 Å². The van der Waals surface area contributed by atoms with Crippen molar-refractivity contribution in [2.75, 3.05) is 20.3 Å². The fourth-order valence-electron chi connectivity index (χ4n) is 2.35. The monoisotopic (exact) mass is 258 g/mol. The van der Waals surface area contributed by atoms with Gasteiger partial charge in [-0.1, -0.05) is 18.2 Å². The first-order chi connectivity index (χ1) is 9.36. The number of nitrogens with one attached hydrogen (secondary N) is 1. The van der Waals surface area contributed by atoms with Crippen LogP contribution in [0.15, 0.2) is 30.3 Å². The Balaban J connectivity index is 1.98. The third-order valence-corrected chi connectivity index (χ3v) is 3.28. The fraction of sp³-hybridized carbons (Fsp3) is 0.400. The molecule has 19 heavy (non-hydrogen) atoms. The fourth-order valence-corrected chi connectivity index (χ4v) is 2.35. The number of fused-ring (bicyclic) bond motifs is 1. The Morgan fingerprint density at radius 2 is 2.32 bits per heavy atom. The van der Waals surface area contributed by atoms with E-state index in [4.69, 9.17) is 9.47 Å². The van der Waals surface area contributed by atoms with E-state index in [1.807, 2.05) is 19.2 Å². The highest BCUT2D eigenvalue weighted by atomic mass is 16.5. The van der Waals surface area contributed by atoms with Gasteiger partial charge in [-0.3, -0.25) is 0 Å². The zero-order valence-electron chi connectivity index (χ0n) is 11.1. The van der Waals surface area contributed by atoms with Crippen molar-refractivity contribution in [3.8, 4) is 5.88 Å². The first-order valence-corrected chi connectivity index (χ1v) is 6.64. The zero-order chi connectivity index (χ0) is 13.1. The molecule has 1 aliphatic heterocycles. The van der Waals surface area contributed by atoms with E-state index < -0.39 is 0 Å². The lowest BCUT2D eigenvalue weighted by molar-refractivity contribution is 0.139. The summed E-state index contributed by atoms with van der Waals surface area (Å²) >= 11 is 0. The summed E-state index contributed by atoms with van der Waals surface area (Å²) in [7, 11) is 1.92. The van der Waals surface area contributed by atoms with Crippen LogP contribution in [0.2, 0.25) is 0 Å². The lowest BCUT2D eigenvalue weighted by atomic mass is 10.1. The van der Waals surface area contributed by atoms with E-state index >= 15 is 0 Å². The topological polar surface area (TPSA) is 43.4 Å². The summed E-state index contributed by atoms with van der Waals surface area (Å²) in [5, 5.41) is 5.35. The Morgan fingerprint density at radius 3 is 3.11 bits per heavy atom. The van der Waals surface area contributed by atoms with Gasteiger partial charge in [0.2, 0.25) is 5.88 Å². The van der Waals surface area contributed by atoms with Crippen LogP contribution in [0.3, 0.4) is 0 Å². The van der Waals surface area contributed by atoms with Crippen molar-refractivity contribution in [3.05, 3.63) is 36.0 Å². The molecule has 0 aliphatic carbocycles. The van der Waals surface area contributed by atoms with Crippen molar-refractivity contribution in [3.63, 3.8) is 0 Å². The van der Waals surface area contributed by atoms with Crippen molar-refractivity contribution in [2.45, 2.75) is 19.1 Å². The number of ether oxygens (including phenoxy) is 2. The van der Waals surface area contributed by atoms with Gasteiger partial charge < -0.3 is 14.8 Å². The average Bonchev–Trinajstić information content (AvgIpc) is 2.92. The Labute approximate surface area is 112 Å². The molecule has 2 aromatic rings. The Kier molecular flexibility index (Phi) is 3.62. The van der Waals surface area contributed by atoms with E-state index in [2.05, 4.69) is 28.5 Å². The summed E-state index contributed by atoms with van der Waals surface area (Å²) in [5.41, 5.74) is 0.995. The Bertz CT molecular complexity index is 565. The number of pyridine rings is 1. The molecule has 0 saturated carbocycles. The van der Waals surface area contributed by atoms with E-state index in [-0.39, 0.29) is 6.10 Å². The van der Waals surface area contributed by atoms with Gasteiger partial charge in [-0.2, -0.15) is 0 Å². The smallest absolute Gasteiger partial charge is 0.221 e. The summed E-state index contributed by atoms with van der Waals surface area (Å²) in [6.07, 6.45) is 1.06. The predicted molar refractivity (Wildman–Crippen MR) is 74.4 cm³/mol. The molecule has 1 aliphatic rings. The molecular weight excluding hydrogens is 240 g/mol. The third-order valence-electron chi connectivity index (χ3n) is 3.28. The van der Waals surface area contributed by atoms with Gasteiger partial charge in [0, 0.05) is 18.4 Å². The maximum absolute atomic E-state index is 6.01. The zero-order valence-corrected chi connectivity index (χ0v) is 11.1. The Hall–Kier alpha value is -1.65. The molecular formula is C15H18N2O2. The summed E-state index contributed by atoms with van der Waals surface area (Å²) in [5.74, 6) is 0.721. The van der Waals surface area contributed by atoms with E-state index in [0.29, 0.717) is 6.61 Å². The molecule has 1 aromatic carbocycles. The van der Waals surface area contributed by atoms with Gasteiger partial charge in [0.05, 0.1) is 18.9 Å². The Morgan fingerprint density at radius 1 is 1.42 bits per heavy atom. The molecule has 1 unspecified atom stereocenters. The summed E-state index contributed by atoms with van der Waals surface area (Å²) in [6.45, 7) is 2.17. The molecule has 0 radical (unpaired) electrons.